The second kappa shape index (κ2) is 21.2. The molecule has 0 spiro atoms. The molecule has 0 fully saturated rings. The van der Waals surface area contributed by atoms with E-state index in [2.05, 4.69) is 21.3 Å². The van der Waals surface area contributed by atoms with E-state index in [1.54, 1.807) is 83.1 Å². The maximum atomic E-state index is 13.2. The van der Waals surface area contributed by atoms with E-state index in [4.69, 9.17) is 28.4 Å². The number of hydrogen-bond donors (Lipinski definition) is 4. The van der Waals surface area contributed by atoms with Crippen LogP contribution >= 0.6 is 0 Å². The third kappa shape index (κ3) is 23.7. The molecule has 1 aromatic carbocycles. The van der Waals surface area contributed by atoms with Gasteiger partial charge in [-0.2, -0.15) is 0 Å². The van der Waals surface area contributed by atoms with E-state index in [1.807, 2.05) is 0 Å². The molecular weight excluding hydrogens is 704 g/mol. The first-order valence-corrected chi connectivity index (χ1v) is 18.2. The van der Waals surface area contributed by atoms with Gasteiger partial charge in [0.2, 0.25) is 0 Å². The highest BCUT2D eigenvalue weighted by Gasteiger charge is 2.28. The molecule has 2 atom stereocenters. The highest BCUT2D eigenvalue weighted by atomic mass is 16.6. The normalized spacial score (nSPS) is 13.0. The fourth-order valence-corrected chi connectivity index (χ4v) is 4.30. The summed E-state index contributed by atoms with van der Waals surface area (Å²) in [4.78, 5) is 75.3. The summed E-state index contributed by atoms with van der Waals surface area (Å²) in [6.45, 7) is 21.3. The van der Waals surface area contributed by atoms with Crippen molar-refractivity contribution in [1.29, 1.82) is 0 Å². The summed E-state index contributed by atoms with van der Waals surface area (Å²) in [6.07, 6.45) is -0.465. The molecule has 4 amide bonds. The Morgan fingerprint density at radius 1 is 0.463 bits per heavy atom. The zero-order chi connectivity index (χ0) is 41.3. The van der Waals surface area contributed by atoms with Crippen molar-refractivity contribution in [1.82, 2.24) is 21.3 Å². The quantitative estimate of drug-likeness (QED) is 0.0602. The van der Waals surface area contributed by atoms with Crippen molar-refractivity contribution in [2.24, 2.45) is 0 Å². The number of unbranched alkanes of at least 4 members (excludes halogenated alkanes) is 2. The summed E-state index contributed by atoms with van der Waals surface area (Å²) < 4.78 is 32.1. The lowest BCUT2D eigenvalue weighted by molar-refractivity contribution is -0.138. The topological polar surface area (TPSA) is 206 Å². The molecular formula is C38H62N4O12. The van der Waals surface area contributed by atoms with Crippen LogP contribution in [0.25, 0.3) is 0 Å². The van der Waals surface area contributed by atoms with Gasteiger partial charge < -0.3 is 49.7 Å². The predicted molar refractivity (Wildman–Crippen MR) is 200 cm³/mol. The minimum absolute atomic E-state index is 0.114. The van der Waals surface area contributed by atoms with E-state index in [-0.39, 0.29) is 24.3 Å². The minimum Gasteiger partial charge on any atom is -0.444 e. The maximum Gasteiger partial charge on any atom is 0.408 e. The summed E-state index contributed by atoms with van der Waals surface area (Å²) in [6, 6.07) is 3.50. The molecule has 0 saturated heterocycles. The molecule has 16 heteroatoms. The zero-order valence-corrected chi connectivity index (χ0v) is 34.0. The van der Waals surface area contributed by atoms with Crippen molar-refractivity contribution in [2.75, 3.05) is 13.1 Å². The van der Waals surface area contributed by atoms with Crippen LogP contribution in [-0.2, 0) is 28.5 Å². The van der Waals surface area contributed by atoms with Crippen molar-refractivity contribution in [3.05, 3.63) is 24.3 Å². The van der Waals surface area contributed by atoms with Gasteiger partial charge >= 0.3 is 36.3 Å². The first-order chi connectivity index (χ1) is 24.7. The molecule has 16 nitrogen and oxygen atoms in total. The number of hydrogen-bond acceptors (Lipinski definition) is 12. The highest BCUT2D eigenvalue weighted by molar-refractivity contribution is 5.84. The summed E-state index contributed by atoms with van der Waals surface area (Å²) >= 11 is 0. The van der Waals surface area contributed by atoms with Crippen molar-refractivity contribution in [3.63, 3.8) is 0 Å². The molecule has 1 rings (SSSR count). The fraction of sp³-hybridized carbons (Fsp3) is 0.684. The Hall–Kier alpha value is -4.76. The van der Waals surface area contributed by atoms with Crippen molar-refractivity contribution in [2.45, 2.75) is 156 Å². The van der Waals surface area contributed by atoms with Crippen molar-refractivity contribution in [3.8, 4) is 11.5 Å². The van der Waals surface area contributed by atoms with Crippen LogP contribution in [0.1, 0.15) is 122 Å². The van der Waals surface area contributed by atoms with Gasteiger partial charge in [0.25, 0.3) is 0 Å². The summed E-state index contributed by atoms with van der Waals surface area (Å²) in [5.41, 5.74) is -2.88. The average Bonchev–Trinajstić information content (AvgIpc) is 2.96. The van der Waals surface area contributed by atoms with Crippen LogP contribution in [0.15, 0.2) is 24.3 Å². The molecule has 0 aliphatic carbocycles. The lowest BCUT2D eigenvalue weighted by atomic mass is 10.1. The van der Waals surface area contributed by atoms with Crippen LogP contribution in [0.5, 0.6) is 11.5 Å². The van der Waals surface area contributed by atoms with Crippen LogP contribution in [0, 0.1) is 0 Å². The van der Waals surface area contributed by atoms with Crippen LogP contribution < -0.4 is 30.7 Å². The monoisotopic (exact) mass is 766 g/mol. The molecule has 4 N–H and O–H groups in total. The number of benzene rings is 1. The summed E-state index contributed by atoms with van der Waals surface area (Å²) in [7, 11) is 0. The molecule has 1 aromatic rings. The van der Waals surface area contributed by atoms with Gasteiger partial charge in [0.05, 0.1) is 0 Å². The van der Waals surface area contributed by atoms with Gasteiger partial charge in [0, 0.05) is 13.1 Å². The summed E-state index contributed by atoms with van der Waals surface area (Å²) in [5.74, 6) is -1.28. The number of esters is 2. The largest absolute Gasteiger partial charge is 0.444 e. The van der Waals surface area contributed by atoms with Gasteiger partial charge in [-0.25, -0.2) is 28.8 Å². The van der Waals surface area contributed by atoms with Gasteiger partial charge in [0.15, 0.2) is 0 Å². The van der Waals surface area contributed by atoms with E-state index in [0.29, 0.717) is 38.8 Å². The molecule has 0 heterocycles. The molecule has 54 heavy (non-hydrogen) atoms. The second-order valence-corrected chi connectivity index (χ2v) is 16.6. The van der Waals surface area contributed by atoms with Gasteiger partial charge in [-0.1, -0.05) is 0 Å². The SMILES string of the molecule is CC(C)(C)OC(=O)NCCCCC(NC(=O)OC(C)(C)C)C(=O)Oc1ccc(OC(=O)C(CCCCNC(=O)OC(C)(C)C)NC(=O)OC(C)(C)C)cc1. The van der Waals surface area contributed by atoms with Gasteiger partial charge in [0.1, 0.15) is 46.0 Å². The average molecular weight is 767 g/mol. The van der Waals surface area contributed by atoms with Crippen LogP contribution in [0.2, 0.25) is 0 Å². The van der Waals surface area contributed by atoms with E-state index in [1.165, 1.54) is 24.3 Å². The lowest BCUT2D eigenvalue weighted by Gasteiger charge is -2.23. The number of ether oxygens (including phenoxy) is 6. The molecule has 0 aliphatic heterocycles. The second-order valence-electron chi connectivity index (χ2n) is 16.6. The van der Waals surface area contributed by atoms with Crippen LogP contribution in [0.3, 0.4) is 0 Å². The lowest BCUT2D eigenvalue weighted by Crippen LogP contribution is -2.45. The summed E-state index contributed by atoms with van der Waals surface area (Å²) in [5, 5.41) is 10.4. The number of amides is 4. The van der Waals surface area contributed by atoms with E-state index >= 15 is 0 Å². The number of rotatable bonds is 16. The Morgan fingerprint density at radius 3 is 1.02 bits per heavy atom. The number of nitrogens with one attached hydrogen (secondary N) is 4. The Morgan fingerprint density at radius 2 is 0.741 bits per heavy atom. The zero-order valence-electron chi connectivity index (χ0n) is 34.0. The number of carbonyl (C=O) groups excluding carboxylic acids is 6. The standard InChI is InChI=1S/C38H62N4O12/c1-35(2,3)51-31(45)39-23-15-13-17-27(41-33(47)53-37(7,8)9)29(43)49-25-19-21-26(22-20-25)50-30(44)28(42-34(48)54-38(10,11)12)18-14-16-24-40-32(46)52-36(4,5)6/h19-22,27-28H,13-18,23-24H2,1-12H3,(H,39,45)(H,40,46)(H,41,47)(H,42,48). The van der Waals surface area contributed by atoms with E-state index in [0.717, 1.165) is 0 Å². The third-order valence-electron chi connectivity index (χ3n) is 6.39. The molecule has 306 valence electrons. The molecule has 0 aliphatic rings. The van der Waals surface area contributed by atoms with Crippen LogP contribution in [0.4, 0.5) is 19.2 Å². The van der Waals surface area contributed by atoms with Gasteiger partial charge in [-0.3, -0.25) is 0 Å². The molecule has 0 aromatic heterocycles. The van der Waals surface area contributed by atoms with E-state index < -0.39 is 70.8 Å². The Labute approximate surface area is 319 Å². The molecule has 0 bridgehead atoms. The maximum absolute atomic E-state index is 13.2. The molecule has 0 saturated carbocycles. The Bertz CT molecular complexity index is 1280. The third-order valence-corrected chi connectivity index (χ3v) is 6.39. The smallest absolute Gasteiger partial charge is 0.408 e. The Balaban J connectivity index is 2.89. The first kappa shape index (κ1) is 47.3. The number of carbonyl (C=O) groups is 6. The highest BCUT2D eigenvalue weighted by Crippen LogP contribution is 2.20. The van der Waals surface area contributed by atoms with Crippen molar-refractivity contribution < 1.29 is 57.2 Å². The van der Waals surface area contributed by atoms with Crippen molar-refractivity contribution >= 4 is 36.3 Å². The van der Waals surface area contributed by atoms with Gasteiger partial charge in [-0.15, -0.1) is 0 Å². The fourth-order valence-electron chi connectivity index (χ4n) is 4.30. The van der Waals surface area contributed by atoms with E-state index in [9.17, 15) is 28.8 Å². The molecule has 2 unspecified atom stereocenters. The minimum atomic E-state index is -1.07. The number of alkyl carbamates (subject to hydrolysis) is 4. The molecule has 0 radical (unpaired) electrons. The Kier molecular flexibility index (Phi) is 18.6. The predicted octanol–water partition coefficient (Wildman–Crippen LogP) is 6.67. The van der Waals surface area contributed by atoms with Crippen LogP contribution in [-0.4, -0.2) is 83.9 Å². The first-order valence-electron chi connectivity index (χ1n) is 18.2. The van der Waals surface area contributed by atoms with Gasteiger partial charge in [-0.05, 0) is 146 Å².